The van der Waals surface area contributed by atoms with Gasteiger partial charge in [0.15, 0.2) is 0 Å². The van der Waals surface area contributed by atoms with Crippen molar-refractivity contribution < 1.29 is 19.4 Å². The number of ether oxygens (including phenoxy) is 2. The average Bonchev–Trinajstić information content (AvgIpc) is 2.39. The van der Waals surface area contributed by atoms with Gasteiger partial charge in [0.1, 0.15) is 12.7 Å². The van der Waals surface area contributed by atoms with Crippen molar-refractivity contribution in [3.05, 3.63) is 29.8 Å². The third kappa shape index (κ3) is 6.22. The van der Waals surface area contributed by atoms with Gasteiger partial charge in [0.05, 0.1) is 12.2 Å². The van der Waals surface area contributed by atoms with E-state index >= 15 is 0 Å². The predicted molar refractivity (Wildman–Crippen MR) is 70.4 cm³/mol. The number of hydrogen-bond donors (Lipinski definition) is 2. The number of nitrogen functional groups attached to an aromatic ring is 1. The third-order valence-corrected chi connectivity index (χ3v) is 1.91. The summed E-state index contributed by atoms with van der Waals surface area (Å²) >= 11 is 0. The molecular weight excluding hydrogens is 234 g/mol. The van der Waals surface area contributed by atoms with E-state index in [1.807, 2.05) is 13.8 Å². The highest BCUT2D eigenvalue weighted by Crippen LogP contribution is 2.07. The molecule has 0 aliphatic heterocycles. The number of carbonyl (C=O) groups excluding carboxylic acids is 1. The number of anilines is 1. The molecule has 0 saturated heterocycles. The first-order chi connectivity index (χ1) is 8.63. The molecule has 3 N–H and O–H groups in total. The Labute approximate surface area is 108 Å². The lowest BCUT2D eigenvalue weighted by atomic mass is 10.2. The van der Waals surface area contributed by atoms with E-state index < -0.39 is 12.1 Å². The molecule has 0 radical (unpaired) electrons. The summed E-state index contributed by atoms with van der Waals surface area (Å²) in [5, 5.41) is 9.27. The largest absolute Gasteiger partial charge is 0.459 e. The van der Waals surface area contributed by atoms with Crippen molar-refractivity contribution in [3.8, 4) is 0 Å². The van der Waals surface area contributed by atoms with Crippen LogP contribution in [-0.2, 0) is 9.47 Å². The monoisotopic (exact) mass is 255 g/mol. The van der Waals surface area contributed by atoms with Crippen molar-refractivity contribution in [1.82, 2.24) is 0 Å². The van der Waals surface area contributed by atoms with Gasteiger partial charge in [0, 0.05) is 12.8 Å². The zero-order chi connectivity index (χ0) is 14.0. The molecular formula is C13H21NO4. The third-order valence-electron chi connectivity index (χ3n) is 1.91. The number of esters is 1. The van der Waals surface area contributed by atoms with E-state index in [1.54, 1.807) is 24.3 Å². The number of methoxy groups -OCH3 is 1. The molecule has 0 fully saturated rings. The van der Waals surface area contributed by atoms with Crippen molar-refractivity contribution >= 4 is 11.7 Å². The van der Waals surface area contributed by atoms with Gasteiger partial charge in [0.25, 0.3) is 0 Å². The molecule has 102 valence electrons. The fourth-order valence-corrected chi connectivity index (χ4v) is 1.11. The van der Waals surface area contributed by atoms with Crippen LogP contribution in [0.5, 0.6) is 0 Å². The number of nitrogens with two attached hydrogens (primary N) is 1. The van der Waals surface area contributed by atoms with Gasteiger partial charge in [-0.25, -0.2) is 4.79 Å². The van der Waals surface area contributed by atoms with Gasteiger partial charge in [-0.05, 0) is 24.3 Å². The smallest absolute Gasteiger partial charge is 0.338 e. The lowest BCUT2D eigenvalue weighted by Crippen LogP contribution is -2.23. The van der Waals surface area contributed by atoms with Gasteiger partial charge in [0.2, 0.25) is 0 Å². The molecule has 0 bridgehead atoms. The molecule has 1 aromatic rings. The first-order valence-electron chi connectivity index (χ1n) is 5.83. The summed E-state index contributed by atoms with van der Waals surface area (Å²) in [6, 6.07) is 6.37. The maximum atomic E-state index is 11.4. The summed E-state index contributed by atoms with van der Waals surface area (Å²) in [5.41, 5.74) is 6.46. The fraction of sp³-hybridized carbons (Fsp3) is 0.462. The summed E-state index contributed by atoms with van der Waals surface area (Å²) in [6.07, 6.45) is -0.803. The molecule has 5 heteroatoms. The molecule has 1 atom stereocenters. The van der Waals surface area contributed by atoms with E-state index in [4.69, 9.17) is 15.2 Å². The van der Waals surface area contributed by atoms with E-state index in [1.165, 1.54) is 7.11 Å². The van der Waals surface area contributed by atoms with E-state index in [0.29, 0.717) is 11.3 Å². The van der Waals surface area contributed by atoms with E-state index in [0.717, 1.165) is 0 Å². The summed E-state index contributed by atoms with van der Waals surface area (Å²) < 4.78 is 9.57. The minimum Gasteiger partial charge on any atom is -0.459 e. The van der Waals surface area contributed by atoms with Crippen LogP contribution in [0, 0.1) is 0 Å². The second kappa shape index (κ2) is 9.44. The molecule has 0 aromatic heterocycles. The molecule has 1 rings (SSSR count). The Kier molecular flexibility index (Phi) is 8.61. The van der Waals surface area contributed by atoms with Crippen molar-refractivity contribution in [1.29, 1.82) is 0 Å². The second-order valence-electron chi connectivity index (χ2n) is 3.33. The van der Waals surface area contributed by atoms with E-state index in [-0.39, 0.29) is 13.2 Å². The predicted octanol–water partition coefficient (Wildman–Crippen LogP) is 1.46. The fourth-order valence-electron chi connectivity index (χ4n) is 1.11. The van der Waals surface area contributed by atoms with Gasteiger partial charge in [-0.2, -0.15) is 0 Å². The van der Waals surface area contributed by atoms with E-state index in [9.17, 15) is 9.90 Å². The van der Waals surface area contributed by atoms with Crippen LogP contribution in [0.3, 0.4) is 0 Å². The number of aliphatic hydroxyl groups is 1. The normalized spacial score (nSPS) is 11.1. The van der Waals surface area contributed by atoms with Crippen LogP contribution < -0.4 is 5.73 Å². The van der Waals surface area contributed by atoms with Gasteiger partial charge >= 0.3 is 5.97 Å². The highest BCUT2D eigenvalue weighted by atomic mass is 16.5. The number of carbonyl (C=O) groups is 1. The Balaban J connectivity index is 0.00000137. The Morgan fingerprint density at radius 3 is 2.33 bits per heavy atom. The summed E-state index contributed by atoms with van der Waals surface area (Å²) in [7, 11) is 1.46. The van der Waals surface area contributed by atoms with Crippen LogP contribution in [0.1, 0.15) is 24.2 Å². The molecule has 1 aromatic carbocycles. The standard InChI is InChI=1S/C11H15NO4.C2H6/c1-15-6-10(13)7-16-11(14)8-2-4-9(12)5-3-8;1-2/h2-5,10,13H,6-7,12H2,1H3;1-2H3. The maximum Gasteiger partial charge on any atom is 0.338 e. The zero-order valence-corrected chi connectivity index (χ0v) is 11.1. The van der Waals surface area contributed by atoms with Crippen LogP contribution >= 0.6 is 0 Å². The number of rotatable bonds is 5. The Morgan fingerprint density at radius 1 is 1.28 bits per heavy atom. The van der Waals surface area contributed by atoms with E-state index in [2.05, 4.69) is 0 Å². The van der Waals surface area contributed by atoms with Crippen LogP contribution in [0.2, 0.25) is 0 Å². The first-order valence-corrected chi connectivity index (χ1v) is 5.83. The molecule has 0 amide bonds. The van der Waals surface area contributed by atoms with Crippen molar-refractivity contribution in [2.75, 3.05) is 26.1 Å². The zero-order valence-electron chi connectivity index (χ0n) is 11.1. The van der Waals surface area contributed by atoms with Crippen molar-refractivity contribution in [2.45, 2.75) is 20.0 Å². The Bertz CT molecular complexity index is 337. The SMILES string of the molecule is CC.COCC(O)COC(=O)c1ccc(N)cc1. The first kappa shape index (κ1) is 16.4. The molecule has 0 heterocycles. The molecule has 0 saturated carbocycles. The molecule has 5 nitrogen and oxygen atoms in total. The van der Waals surface area contributed by atoms with Crippen LogP contribution in [0.4, 0.5) is 5.69 Å². The van der Waals surface area contributed by atoms with Crippen molar-refractivity contribution in [2.24, 2.45) is 0 Å². The van der Waals surface area contributed by atoms with Crippen LogP contribution in [-0.4, -0.2) is 37.5 Å². The number of benzene rings is 1. The van der Waals surface area contributed by atoms with Gasteiger partial charge in [-0.1, -0.05) is 13.8 Å². The van der Waals surface area contributed by atoms with Gasteiger partial charge in [-0.15, -0.1) is 0 Å². The summed E-state index contributed by atoms with van der Waals surface area (Å²) in [4.78, 5) is 11.4. The quantitative estimate of drug-likeness (QED) is 0.615. The molecule has 0 spiro atoms. The molecule has 1 unspecified atom stereocenters. The maximum absolute atomic E-state index is 11.4. The number of hydrogen-bond acceptors (Lipinski definition) is 5. The van der Waals surface area contributed by atoms with Crippen LogP contribution in [0.15, 0.2) is 24.3 Å². The lowest BCUT2D eigenvalue weighted by molar-refractivity contribution is 0.000144. The highest BCUT2D eigenvalue weighted by Gasteiger charge is 2.10. The Hall–Kier alpha value is -1.59. The average molecular weight is 255 g/mol. The molecule has 0 aliphatic rings. The summed E-state index contributed by atoms with van der Waals surface area (Å²) in [6.45, 7) is 4.05. The highest BCUT2D eigenvalue weighted by molar-refractivity contribution is 5.89. The van der Waals surface area contributed by atoms with Crippen LogP contribution in [0.25, 0.3) is 0 Å². The second-order valence-corrected chi connectivity index (χ2v) is 3.33. The van der Waals surface area contributed by atoms with Crippen molar-refractivity contribution in [3.63, 3.8) is 0 Å². The van der Waals surface area contributed by atoms with Gasteiger partial charge in [-0.3, -0.25) is 0 Å². The lowest BCUT2D eigenvalue weighted by Gasteiger charge is -2.10. The van der Waals surface area contributed by atoms with Gasteiger partial charge < -0.3 is 20.3 Å². The topological polar surface area (TPSA) is 81.8 Å². The minimum absolute atomic E-state index is 0.0863. The minimum atomic E-state index is -0.803. The molecule has 18 heavy (non-hydrogen) atoms. The summed E-state index contributed by atoms with van der Waals surface area (Å²) in [5.74, 6) is -0.491. The number of aliphatic hydroxyl groups excluding tert-OH is 1. The Morgan fingerprint density at radius 2 is 1.83 bits per heavy atom. The molecule has 0 aliphatic carbocycles.